The molecule has 2 N–H and O–H groups in total. The number of carbonyl (C=O) groups excluding carboxylic acids is 1. The largest absolute Gasteiger partial charge is 0.351 e. The van der Waals surface area contributed by atoms with Crippen molar-refractivity contribution in [2.75, 3.05) is 13.1 Å². The number of hydrogen-bond acceptors (Lipinski definition) is 3. The quantitative estimate of drug-likeness (QED) is 0.807. The van der Waals surface area contributed by atoms with Crippen molar-refractivity contribution in [3.05, 3.63) is 22.4 Å². The van der Waals surface area contributed by atoms with Crippen LogP contribution >= 0.6 is 11.3 Å². The van der Waals surface area contributed by atoms with Crippen LogP contribution in [-0.2, 0) is 11.3 Å². The number of rotatable bonds is 4. The SMILES string of the molecule is CC(C(=O)NCc1cccs1)C1CNC1. The van der Waals surface area contributed by atoms with Crippen molar-refractivity contribution >= 4 is 17.2 Å². The van der Waals surface area contributed by atoms with E-state index < -0.39 is 0 Å². The first-order chi connectivity index (χ1) is 7.27. The highest BCUT2D eigenvalue weighted by atomic mass is 32.1. The third-order valence-corrected chi connectivity index (χ3v) is 3.83. The second-order valence-corrected chi connectivity index (χ2v) is 5.04. The Balaban J connectivity index is 1.76. The Bertz CT molecular complexity index is 319. The van der Waals surface area contributed by atoms with Gasteiger partial charge in [0.05, 0.1) is 6.54 Å². The molecule has 0 saturated carbocycles. The Kier molecular flexibility index (Phi) is 3.38. The van der Waals surface area contributed by atoms with E-state index in [4.69, 9.17) is 0 Å². The molecule has 1 aromatic rings. The van der Waals surface area contributed by atoms with Crippen LogP contribution in [0.25, 0.3) is 0 Å². The molecule has 82 valence electrons. The molecule has 1 aliphatic rings. The van der Waals surface area contributed by atoms with Gasteiger partial charge in [-0.15, -0.1) is 11.3 Å². The average molecular weight is 224 g/mol. The van der Waals surface area contributed by atoms with Crippen molar-refractivity contribution in [1.82, 2.24) is 10.6 Å². The Morgan fingerprint density at radius 3 is 3.07 bits per heavy atom. The molecule has 0 aliphatic carbocycles. The van der Waals surface area contributed by atoms with Gasteiger partial charge in [-0.2, -0.15) is 0 Å². The molecule has 4 heteroatoms. The highest BCUT2D eigenvalue weighted by molar-refractivity contribution is 7.09. The number of thiophene rings is 1. The van der Waals surface area contributed by atoms with Gasteiger partial charge in [0.1, 0.15) is 0 Å². The van der Waals surface area contributed by atoms with Crippen molar-refractivity contribution in [1.29, 1.82) is 0 Å². The summed E-state index contributed by atoms with van der Waals surface area (Å²) in [5.74, 6) is 0.828. The number of nitrogens with one attached hydrogen (secondary N) is 2. The average Bonchev–Trinajstić information content (AvgIpc) is 2.63. The van der Waals surface area contributed by atoms with E-state index in [1.54, 1.807) is 11.3 Å². The van der Waals surface area contributed by atoms with Gasteiger partial charge >= 0.3 is 0 Å². The standard InChI is InChI=1S/C11H16N2OS/c1-8(9-5-12-6-9)11(14)13-7-10-3-2-4-15-10/h2-4,8-9,12H,5-7H2,1H3,(H,13,14). The number of carbonyl (C=O) groups is 1. The smallest absolute Gasteiger partial charge is 0.223 e. The van der Waals surface area contributed by atoms with Crippen LogP contribution in [0.2, 0.25) is 0 Å². The Morgan fingerprint density at radius 2 is 2.53 bits per heavy atom. The summed E-state index contributed by atoms with van der Waals surface area (Å²) in [6.07, 6.45) is 0. The zero-order chi connectivity index (χ0) is 10.7. The topological polar surface area (TPSA) is 41.1 Å². The van der Waals surface area contributed by atoms with E-state index in [0.717, 1.165) is 13.1 Å². The maximum Gasteiger partial charge on any atom is 0.223 e. The zero-order valence-corrected chi connectivity index (χ0v) is 9.64. The van der Waals surface area contributed by atoms with E-state index in [1.165, 1.54) is 4.88 Å². The lowest BCUT2D eigenvalue weighted by Crippen LogP contribution is -2.49. The molecule has 2 rings (SSSR count). The molecule has 1 amide bonds. The van der Waals surface area contributed by atoms with Crippen LogP contribution < -0.4 is 10.6 Å². The lowest BCUT2D eigenvalue weighted by molar-refractivity contribution is -0.126. The summed E-state index contributed by atoms with van der Waals surface area (Å²) < 4.78 is 0. The van der Waals surface area contributed by atoms with Crippen molar-refractivity contribution in [3.8, 4) is 0 Å². The lowest BCUT2D eigenvalue weighted by Gasteiger charge is -2.31. The van der Waals surface area contributed by atoms with E-state index >= 15 is 0 Å². The minimum Gasteiger partial charge on any atom is -0.351 e. The van der Waals surface area contributed by atoms with Crippen LogP contribution in [0.15, 0.2) is 17.5 Å². The van der Waals surface area contributed by atoms with Crippen molar-refractivity contribution < 1.29 is 4.79 Å². The molecule has 1 unspecified atom stereocenters. The van der Waals surface area contributed by atoms with E-state index in [1.807, 2.05) is 24.4 Å². The van der Waals surface area contributed by atoms with Crippen LogP contribution in [-0.4, -0.2) is 19.0 Å². The van der Waals surface area contributed by atoms with Gasteiger partial charge in [-0.25, -0.2) is 0 Å². The molecule has 0 bridgehead atoms. The van der Waals surface area contributed by atoms with Gasteiger partial charge in [-0.3, -0.25) is 4.79 Å². The molecule has 0 radical (unpaired) electrons. The number of hydrogen-bond donors (Lipinski definition) is 2. The van der Waals surface area contributed by atoms with Gasteiger partial charge in [0.25, 0.3) is 0 Å². The first-order valence-corrected chi connectivity index (χ1v) is 6.16. The monoisotopic (exact) mass is 224 g/mol. The summed E-state index contributed by atoms with van der Waals surface area (Å²) in [5.41, 5.74) is 0. The van der Waals surface area contributed by atoms with Gasteiger partial charge in [-0.1, -0.05) is 13.0 Å². The normalized spacial score (nSPS) is 18.2. The highest BCUT2D eigenvalue weighted by Crippen LogP contribution is 2.16. The molecular formula is C11H16N2OS. The summed E-state index contributed by atoms with van der Waals surface area (Å²) >= 11 is 1.68. The summed E-state index contributed by atoms with van der Waals surface area (Å²) in [4.78, 5) is 12.9. The second kappa shape index (κ2) is 4.77. The molecule has 1 saturated heterocycles. The molecule has 0 aromatic carbocycles. The summed E-state index contributed by atoms with van der Waals surface area (Å²) in [7, 11) is 0. The molecule has 1 atom stereocenters. The molecule has 1 aliphatic heterocycles. The molecular weight excluding hydrogens is 208 g/mol. The fourth-order valence-corrected chi connectivity index (χ4v) is 2.27. The fraction of sp³-hybridized carbons (Fsp3) is 0.545. The molecule has 0 spiro atoms. The van der Waals surface area contributed by atoms with E-state index in [-0.39, 0.29) is 11.8 Å². The van der Waals surface area contributed by atoms with Gasteiger partial charge < -0.3 is 10.6 Å². The van der Waals surface area contributed by atoms with E-state index in [9.17, 15) is 4.79 Å². The fourth-order valence-electron chi connectivity index (χ4n) is 1.63. The van der Waals surface area contributed by atoms with Crippen LogP contribution in [0, 0.1) is 11.8 Å². The maximum absolute atomic E-state index is 11.7. The van der Waals surface area contributed by atoms with Crippen LogP contribution in [0.1, 0.15) is 11.8 Å². The number of amides is 1. The summed E-state index contributed by atoms with van der Waals surface area (Å²) in [6, 6.07) is 4.05. The predicted molar refractivity (Wildman–Crippen MR) is 61.7 cm³/mol. The van der Waals surface area contributed by atoms with E-state index in [2.05, 4.69) is 10.6 Å². The van der Waals surface area contributed by atoms with Gasteiger partial charge in [0, 0.05) is 10.8 Å². The third-order valence-electron chi connectivity index (χ3n) is 2.95. The maximum atomic E-state index is 11.7. The first kappa shape index (κ1) is 10.6. The minimum atomic E-state index is 0.131. The molecule has 3 nitrogen and oxygen atoms in total. The van der Waals surface area contributed by atoms with Crippen LogP contribution in [0.4, 0.5) is 0 Å². The molecule has 1 fully saturated rings. The van der Waals surface area contributed by atoms with Gasteiger partial charge in [0.2, 0.25) is 5.91 Å². The summed E-state index contributed by atoms with van der Waals surface area (Å²) in [6.45, 7) is 4.64. The zero-order valence-electron chi connectivity index (χ0n) is 8.82. The van der Waals surface area contributed by atoms with Crippen LogP contribution in [0.5, 0.6) is 0 Å². The van der Waals surface area contributed by atoms with Gasteiger partial charge in [0.15, 0.2) is 0 Å². The van der Waals surface area contributed by atoms with Crippen LogP contribution in [0.3, 0.4) is 0 Å². The Labute approximate surface area is 93.9 Å². The molecule has 2 heterocycles. The highest BCUT2D eigenvalue weighted by Gasteiger charge is 2.28. The minimum absolute atomic E-state index is 0.131. The van der Waals surface area contributed by atoms with E-state index in [0.29, 0.717) is 12.5 Å². The Hall–Kier alpha value is -0.870. The molecule has 15 heavy (non-hydrogen) atoms. The van der Waals surface area contributed by atoms with Crippen molar-refractivity contribution in [2.24, 2.45) is 11.8 Å². The molecule has 1 aromatic heterocycles. The van der Waals surface area contributed by atoms with Crippen molar-refractivity contribution in [3.63, 3.8) is 0 Å². The second-order valence-electron chi connectivity index (χ2n) is 4.00. The van der Waals surface area contributed by atoms with Crippen molar-refractivity contribution in [2.45, 2.75) is 13.5 Å². The predicted octanol–water partition coefficient (Wildman–Crippen LogP) is 1.22. The Morgan fingerprint density at radius 1 is 1.73 bits per heavy atom. The summed E-state index contributed by atoms with van der Waals surface area (Å²) in [5, 5.41) is 8.19. The third kappa shape index (κ3) is 2.58. The lowest BCUT2D eigenvalue weighted by atomic mass is 9.88. The van der Waals surface area contributed by atoms with Gasteiger partial charge in [-0.05, 0) is 30.5 Å². The first-order valence-electron chi connectivity index (χ1n) is 5.28.